The molecule has 1 aromatic rings. The van der Waals surface area contributed by atoms with Crippen LogP contribution in [0.4, 0.5) is 15.8 Å². The van der Waals surface area contributed by atoms with Gasteiger partial charge in [-0.05, 0) is 32.1 Å². The van der Waals surface area contributed by atoms with Crippen LogP contribution in [-0.4, -0.2) is 25.4 Å². The van der Waals surface area contributed by atoms with Crippen molar-refractivity contribution in [2.24, 2.45) is 5.92 Å². The van der Waals surface area contributed by atoms with E-state index >= 15 is 0 Å². The van der Waals surface area contributed by atoms with Gasteiger partial charge in [-0.2, -0.15) is 0 Å². The number of ether oxygens (including phenoxy) is 2. The van der Waals surface area contributed by atoms with Crippen LogP contribution in [0.15, 0.2) is 12.1 Å². The van der Waals surface area contributed by atoms with Crippen molar-refractivity contribution >= 4 is 11.4 Å². The van der Waals surface area contributed by atoms with E-state index in [1.54, 1.807) is 6.07 Å². The SMILES string of the molecule is CCOc1cc(NC2CCOC2C2CC2)c(N)cc1F. The molecule has 1 saturated heterocycles. The first kappa shape index (κ1) is 13.5. The lowest BCUT2D eigenvalue weighted by atomic mass is 10.1. The van der Waals surface area contributed by atoms with Crippen molar-refractivity contribution in [1.82, 2.24) is 0 Å². The number of anilines is 2. The fourth-order valence-electron chi connectivity index (χ4n) is 2.81. The molecule has 110 valence electrons. The van der Waals surface area contributed by atoms with E-state index in [0.717, 1.165) is 18.7 Å². The third-order valence-corrected chi connectivity index (χ3v) is 3.97. The Labute approximate surface area is 118 Å². The van der Waals surface area contributed by atoms with Gasteiger partial charge in [0.05, 0.1) is 30.1 Å². The second-order valence-electron chi connectivity index (χ2n) is 5.52. The Morgan fingerprint density at radius 2 is 2.20 bits per heavy atom. The van der Waals surface area contributed by atoms with Crippen molar-refractivity contribution in [3.05, 3.63) is 17.9 Å². The summed E-state index contributed by atoms with van der Waals surface area (Å²) >= 11 is 0. The largest absolute Gasteiger partial charge is 0.491 e. The van der Waals surface area contributed by atoms with E-state index in [1.807, 2.05) is 6.92 Å². The average molecular weight is 280 g/mol. The zero-order valence-electron chi connectivity index (χ0n) is 11.7. The Kier molecular flexibility index (Phi) is 3.70. The molecule has 1 aromatic carbocycles. The minimum absolute atomic E-state index is 0.242. The van der Waals surface area contributed by atoms with Crippen LogP contribution in [0.2, 0.25) is 0 Å². The van der Waals surface area contributed by atoms with Gasteiger partial charge in [0.2, 0.25) is 0 Å². The molecule has 2 atom stereocenters. The number of rotatable bonds is 5. The monoisotopic (exact) mass is 280 g/mol. The fraction of sp³-hybridized carbons (Fsp3) is 0.600. The topological polar surface area (TPSA) is 56.5 Å². The van der Waals surface area contributed by atoms with E-state index in [4.69, 9.17) is 15.2 Å². The van der Waals surface area contributed by atoms with Crippen LogP contribution >= 0.6 is 0 Å². The number of nitrogens with one attached hydrogen (secondary N) is 1. The lowest BCUT2D eigenvalue weighted by Crippen LogP contribution is -2.31. The molecule has 5 heteroatoms. The van der Waals surface area contributed by atoms with Gasteiger partial charge in [0.25, 0.3) is 0 Å². The summed E-state index contributed by atoms with van der Waals surface area (Å²) in [5, 5.41) is 3.41. The second kappa shape index (κ2) is 5.48. The molecule has 1 saturated carbocycles. The standard InChI is InChI=1S/C15H21FN2O2/c1-2-19-14-8-13(11(17)7-10(14)16)18-12-5-6-20-15(12)9-3-4-9/h7-9,12,15,18H,2-6,17H2,1H3. The van der Waals surface area contributed by atoms with Gasteiger partial charge < -0.3 is 20.5 Å². The zero-order chi connectivity index (χ0) is 14.1. The maximum Gasteiger partial charge on any atom is 0.167 e. The molecule has 2 unspecified atom stereocenters. The van der Waals surface area contributed by atoms with Gasteiger partial charge in [0.15, 0.2) is 11.6 Å². The first-order valence-electron chi connectivity index (χ1n) is 7.29. The fourth-order valence-corrected chi connectivity index (χ4v) is 2.81. The van der Waals surface area contributed by atoms with Crippen molar-refractivity contribution in [3.8, 4) is 5.75 Å². The predicted molar refractivity (Wildman–Crippen MR) is 76.5 cm³/mol. The number of halogens is 1. The van der Waals surface area contributed by atoms with E-state index in [1.165, 1.54) is 18.9 Å². The summed E-state index contributed by atoms with van der Waals surface area (Å²) < 4.78 is 24.8. The smallest absolute Gasteiger partial charge is 0.167 e. The third kappa shape index (κ3) is 2.68. The van der Waals surface area contributed by atoms with E-state index in [2.05, 4.69) is 5.32 Å². The number of hydrogen-bond donors (Lipinski definition) is 2. The van der Waals surface area contributed by atoms with Crippen LogP contribution < -0.4 is 15.8 Å². The molecule has 1 heterocycles. The van der Waals surface area contributed by atoms with Crippen LogP contribution in [0.3, 0.4) is 0 Å². The molecule has 0 bridgehead atoms. The Morgan fingerprint density at radius 1 is 1.40 bits per heavy atom. The van der Waals surface area contributed by atoms with Gasteiger partial charge in [0.1, 0.15) is 0 Å². The van der Waals surface area contributed by atoms with E-state index in [9.17, 15) is 4.39 Å². The summed E-state index contributed by atoms with van der Waals surface area (Å²) in [6.07, 6.45) is 3.70. The summed E-state index contributed by atoms with van der Waals surface area (Å²) in [6.45, 7) is 3.03. The summed E-state index contributed by atoms with van der Waals surface area (Å²) in [6, 6.07) is 3.22. The molecule has 1 aliphatic carbocycles. The normalized spacial score (nSPS) is 25.7. The minimum Gasteiger partial charge on any atom is -0.491 e. The number of nitrogens with two attached hydrogens (primary N) is 1. The molecule has 0 spiro atoms. The van der Waals surface area contributed by atoms with Crippen molar-refractivity contribution in [3.63, 3.8) is 0 Å². The third-order valence-electron chi connectivity index (χ3n) is 3.97. The van der Waals surface area contributed by atoms with Crippen LogP contribution in [0.5, 0.6) is 5.75 Å². The summed E-state index contributed by atoms with van der Waals surface area (Å²) in [7, 11) is 0. The highest BCUT2D eigenvalue weighted by molar-refractivity contribution is 5.69. The minimum atomic E-state index is -0.420. The molecule has 0 amide bonds. The highest BCUT2D eigenvalue weighted by atomic mass is 19.1. The quantitative estimate of drug-likeness (QED) is 0.814. The first-order chi connectivity index (χ1) is 9.69. The van der Waals surface area contributed by atoms with Crippen molar-refractivity contribution in [2.45, 2.75) is 38.3 Å². The molecule has 2 fully saturated rings. The van der Waals surface area contributed by atoms with Crippen LogP contribution in [-0.2, 0) is 4.74 Å². The number of nitrogen functional groups attached to an aromatic ring is 1. The van der Waals surface area contributed by atoms with E-state index in [0.29, 0.717) is 18.2 Å². The van der Waals surface area contributed by atoms with Crippen LogP contribution in [0.1, 0.15) is 26.2 Å². The van der Waals surface area contributed by atoms with Crippen molar-refractivity contribution < 1.29 is 13.9 Å². The highest BCUT2D eigenvalue weighted by Crippen LogP contribution is 2.40. The van der Waals surface area contributed by atoms with Crippen LogP contribution in [0.25, 0.3) is 0 Å². The van der Waals surface area contributed by atoms with Gasteiger partial charge in [-0.3, -0.25) is 0 Å². The van der Waals surface area contributed by atoms with E-state index in [-0.39, 0.29) is 17.9 Å². The highest BCUT2D eigenvalue weighted by Gasteiger charge is 2.40. The molecule has 20 heavy (non-hydrogen) atoms. The lowest BCUT2D eigenvalue weighted by Gasteiger charge is -2.22. The van der Waals surface area contributed by atoms with Crippen molar-refractivity contribution in [1.29, 1.82) is 0 Å². The predicted octanol–water partition coefficient (Wildman–Crippen LogP) is 2.79. The molecule has 3 rings (SSSR count). The molecule has 0 aromatic heterocycles. The van der Waals surface area contributed by atoms with Gasteiger partial charge in [-0.25, -0.2) is 4.39 Å². The number of benzene rings is 1. The second-order valence-corrected chi connectivity index (χ2v) is 5.52. The van der Waals surface area contributed by atoms with E-state index < -0.39 is 5.82 Å². The number of hydrogen-bond acceptors (Lipinski definition) is 4. The Bertz CT molecular complexity index is 491. The molecular formula is C15H21FN2O2. The maximum atomic E-state index is 13.7. The Hall–Kier alpha value is -1.49. The summed E-state index contributed by atoms with van der Waals surface area (Å²) in [4.78, 5) is 0. The van der Waals surface area contributed by atoms with Crippen molar-refractivity contribution in [2.75, 3.05) is 24.3 Å². The Morgan fingerprint density at radius 3 is 2.90 bits per heavy atom. The molecule has 1 aliphatic heterocycles. The first-order valence-corrected chi connectivity index (χ1v) is 7.29. The molecule has 2 aliphatic rings. The molecule has 3 N–H and O–H groups in total. The van der Waals surface area contributed by atoms with Gasteiger partial charge in [0, 0.05) is 18.7 Å². The molecular weight excluding hydrogens is 259 g/mol. The van der Waals surface area contributed by atoms with Gasteiger partial charge >= 0.3 is 0 Å². The molecule has 4 nitrogen and oxygen atoms in total. The Balaban J connectivity index is 1.77. The molecule has 0 radical (unpaired) electrons. The van der Waals surface area contributed by atoms with Gasteiger partial charge in [-0.15, -0.1) is 0 Å². The maximum absolute atomic E-state index is 13.7. The average Bonchev–Trinajstić information content (AvgIpc) is 3.16. The summed E-state index contributed by atoms with van der Waals surface area (Å²) in [5.41, 5.74) is 7.04. The lowest BCUT2D eigenvalue weighted by molar-refractivity contribution is 0.0898. The summed E-state index contributed by atoms with van der Waals surface area (Å²) in [5.74, 6) is 0.491. The van der Waals surface area contributed by atoms with Crippen LogP contribution in [0, 0.1) is 11.7 Å². The van der Waals surface area contributed by atoms with Gasteiger partial charge in [-0.1, -0.05) is 0 Å². The zero-order valence-corrected chi connectivity index (χ0v) is 11.7.